The first-order valence-corrected chi connectivity index (χ1v) is 9.22. The molecular formula is C21H18O8. The maximum absolute atomic E-state index is 12.9. The van der Waals surface area contributed by atoms with Gasteiger partial charge in [0.2, 0.25) is 19.2 Å². The SMILES string of the molecule is CC(=O)O[C@@]1(c2ccc3c(c2)OCO3)C(=O)OC[C@H]1Cc1ccc2c(c1)OCO2. The van der Waals surface area contributed by atoms with E-state index in [1.54, 1.807) is 18.2 Å². The molecule has 2 atom stereocenters. The third-order valence-electron chi connectivity index (χ3n) is 5.32. The van der Waals surface area contributed by atoms with Gasteiger partial charge in [-0.05, 0) is 36.2 Å². The molecule has 29 heavy (non-hydrogen) atoms. The smallest absolute Gasteiger partial charge is 0.355 e. The number of benzene rings is 2. The molecule has 0 aromatic heterocycles. The summed E-state index contributed by atoms with van der Waals surface area (Å²) in [4.78, 5) is 24.9. The fourth-order valence-electron chi connectivity index (χ4n) is 4.01. The van der Waals surface area contributed by atoms with E-state index < -0.39 is 23.5 Å². The number of hydrogen-bond donors (Lipinski definition) is 0. The van der Waals surface area contributed by atoms with Crippen molar-refractivity contribution in [1.82, 2.24) is 0 Å². The number of hydrogen-bond acceptors (Lipinski definition) is 8. The standard InChI is InChI=1S/C21H18O8/c1-12(22)29-21(14-3-5-17-19(8-14)28-11-26-17)15(9-24-20(21)23)6-13-2-4-16-18(7-13)27-10-25-16/h2-5,7-8,15H,6,9-11H2,1H3/t15-,21-/m1/s1. The van der Waals surface area contributed by atoms with Gasteiger partial charge in [-0.3, -0.25) is 4.79 Å². The summed E-state index contributed by atoms with van der Waals surface area (Å²) in [6, 6.07) is 10.7. The Kier molecular flexibility index (Phi) is 4.01. The van der Waals surface area contributed by atoms with Gasteiger partial charge in [-0.15, -0.1) is 0 Å². The van der Waals surface area contributed by atoms with Crippen molar-refractivity contribution in [3.8, 4) is 23.0 Å². The lowest BCUT2D eigenvalue weighted by atomic mass is 9.79. The largest absolute Gasteiger partial charge is 0.462 e. The number of ether oxygens (including phenoxy) is 6. The third-order valence-corrected chi connectivity index (χ3v) is 5.32. The molecule has 0 saturated carbocycles. The topological polar surface area (TPSA) is 89.5 Å². The highest BCUT2D eigenvalue weighted by Crippen LogP contribution is 2.46. The normalized spacial score (nSPS) is 23.8. The third kappa shape index (κ3) is 2.83. The van der Waals surface area contributed by atoms with Gasteiger partial charge in [-0.25, -0.2) is 4.79 Å². The van der Waals surface area contributed by atoms with Crippen LogP contribution < -0.4 is 18.9 Å². The predicted molar refractivity (Wildman–Crippen MR) is 96.7 cm³/mol. The molecule has 0 spiro atoms. The molecule has 0 bridgehead atoms. The van der Waals surface area contributed by atoms with Crippen LogP contribution in [0.25, 0.3) is 0 Å². The van der Waals surface area contributed by atoms with Crippen molar-refractivity contribution in [1.29, 1.82) is 0 Å². The molecule has 8 nitrogen and oxygen atoms in total. The summed E-state index contributed by atoms with van der Waals surface area (Å²) < 4.78 is 32.6. The molecule has 0 N–H and O–H groups in total. The molecule has 150 valence electrons. The summed E-state index contributed by atoms with van der Waals surface area (Å²) in [6.07, 6.45) is 0.435. The Morgan fingerprint density at radius 1 is 0.966 bits per heavy atom. The summed E-state index contributed by atoms with van der Waals surface area (Å²) in [5.74, 6) is 0.790. The molecule has 1 saturated heterocycles. The van der Waals surface area contributed by atoms with Crippen LogP contribution >= 0.6 is 0 Å². The van der Waals surface area contributed by atoms with Gasteiger partial charge in [-0.1, -0.05) is 12.1 Å². The zero-order valence-electron chi connectivity index (χ0n) is 15.6. The molecule has 3 aliphatic rings. The van der Waals surface area contributed by atoms with Crippen LogP contribution in [0.3, 0.4) is 0 Å². The van der Waals surface area contributed by atoms with E-state index in [1.807, 2.05) is 18.2 Å². The van der Waals surface area contributed by atoms with Crippen molar-refractivity contribution >= 4 is 11.9 Å². The van der Waals surface area contributed by atoms with E-state index in [0.717, 1.165) is 5.56 Å². The second-order valence-corrected chi connectivity index (χ2v) is 7.08. The van der Waals surface area contributed by atoms with Crippen LogP contribution in [0.2, 0.25) is 0 Å². The fraction of sp³-hybridized carbons (Fsp3) is 0.333. The van der Waals surface area contributed by atoms with Crippen molar-refractivity contribution in [2.24, 2.45) is 5.92 Å². The van der Waals surface area contributed by atoms with Crippen LogP contribution in [-0.4, -0.2) is 32.1 Å². The lowest BCUT2D eigenvalue weighted by Crippen LogP contribution is -2.43. The van der Waals surface area contributed by atoms with Gasteiger partial charge in [-0.2, -0.15) is 0 Å². The van der Waals surface area contributed by atoms with Gasteiger partial charge in [0.25, 0.3) is 0 Å². The lowest BCUT2D eigenvalue weighted by Gasteiger charge is -2.31. The predicted octanol–water partition coefficient (Wildman–Crippen LogP) is 2.32. The molecule has 3 aliphatic heterocycles. The molecule has 8 heteroatoms. The molecule has 0 unspecified atom stereocenters. The van der Waals surface area contributed by atoms with Crippen LogP contribution in [0.15, 0.2) is 36.4 Å². The highest BCUT2D eigenvalue weighted by atomic mass is 16.7. The Labute approximate surface area is 166 Å². The minimum Gasteiger partial charge on any atom is -0.462 e. The first-order valence-electron chi connectivity index (χ1n) is 9.22. The minimum atomic E-state index is -1.57. The number of rotatable bonds is 4. The van der Waals surface area contributed by atoms with Crippen molar-refractivity contribution < 1.29 is 38.0 Å². The van der Waals surface area contributed by atoms with E-state index in [-0.39, 0.29) is 20.2 Å². The number of fused-ring (bicyclic) bond motifs is 2. The van der Waals surface area contributed by atoms with Crippen molar-refractivity contribution in [2.45, 2.75) is 18.9 Å². The van der Waals surface area contributed by atoms with Crippen LogP contribution in [-0.2, 0) is 31.1 Å². The maximum atomic E-state index is 12.9. The summed E-state index contributed by atoms with van der Waals surface area (Å²) in [5.41, 5.74) is -0.163. The van der Waals surface area contributed by atoms with E-state index in [4.69, 9.17) is 28.4 Å². The minimum absolute atomic E-state index is 0.102. The molecule has 2 aromatic carbocycles. The Morgan fingerprint density at radius 2 is 1.62 bits per heavy atom. The second kappa shape index (κ2) is 6.58. The van der Waals surface area contributed by atoms with Gasteiger partial charge < -0.3 is 28.4 Å². The van der Waals surface area contributed by atoms with Crippen LogP contribution in [0.1, 0.15) is 18.1 Å². The molecular weight excluding hydrogens is 380 g/mol. The quantitative estimate of drug-likeness (QED) is 0.725. The summed E-state index contributed by atoms with van der Waals surface area (Å²) in [6.45, 7) is 1.68. The van der Waals surface area contributed by atoms with Crippen molar-refractivity contribution in [3.05, 3.63) is 47.5 Å². The molecule has 5 rings (SSSR count). The fourth-order valence-corrected chi connectivity index (χ4v) is 4.01. The molecule has 0 amide bonds. The molecule has 3 heterocycles. The van der Waals surface area contributed by atoms with Crippen LogP contribution in [0.4, 0.5) is 0 Å². The maximum Gasteiger partial charge on any atom is 0.355 e. The number of cyclic esters (lactones) is 1. The van der Waals surface area contributed by atoms with Gasteiger partial charge >= 0.3 is 11.9 Å². The van der Waals surface area contributed by atoms with E-state index >= 15 is 0 Å². The average Bonchev–Trinajstić information content (AvgIpc) is 3.42. The molecule has 1 fully saturated rings. The van der Waals surface area contributed by atoms with Crippen molar-refractivity contribution in [2.75, 3.05) is 20.2 Å². The summed E-state index contributed by atoms with van der Waals surface area (Å²) in [7, 11) is 0. The van der Waals surface area contributed by atoms with E-state index in [2.05, 4.69) is 0 Å². The summed E-state index contributed by atoms with van der Waals surface area (Å²) >= 11 is 0. The Hall–Kier alpha value is -3.42. The average molecular weight is 398 g/mol. The Bertz CT molecular complexity index is 1000. The first kappa shape index (κ1) is 17.7. The lowest BCUT2D eigenvalue weighted by molar-refractivity contribution is -0.175. The van der Waals surface area contributed by atoms with Crippen molar-refractivity contribution in [3.63, 3.8) is 0 Å². The van der Waals surface area contributed by atoms with Crippen LogP contribution in [0, 0.1) is 5.92 Å². The van der Waals surface area contributed by atoms with E-state index in [1.165, 1.54) is 6.92 Å². The van der Waals surface area contributed by atoms with E-state index in [9.17, 15) is 9.59 Å². The van der Waals surface area contributed by atoms with Gasteiger partial charge in [0.1, 0.15) is 0 Å². The zero-order valence-corrected chi connectivity index (χ0v) is 15.6. The number of carbonyl (C=O) groups is 2. The first-order chi connectivity index (χ1) is 14.1. The molecule has 2 aromatic rings. The van der Waals surface area contributed by atoms with E-state index in [0.29, 0.717) is 35.0 Å². The van der Waals surface area contributed by atoms with Crippen LogP contribution in [0.5, 0.6) is 23.0 Å². The Balaban J connectivity index is 1.54. The van der Waals surface area contributed by atoms with Gasteiger partial charge in [0.15, 0.2) is 23.0 Å². The highest BCUT2D eigenvalue weighted by Gasteiger charge is 2.57. The Morgan fingerprint density at radius 3 is 2.34 bits per heavy atom. The number of esters is 2. The zero-order chi connectivity index (χ0) is 20.0. The number of carbonyl (C=O) groups excluding carboxylic acids is 2. The second-order valence-electron chi connectivity index (χ2n) is 7.08. The van der Waals surface area contributed by atoms with Gasteiger partial charge in [0.05, 0.1) is 12.5 Å². The molecule has 0 aliphatic carbocycles. The summed E-state index contributed by atoms with van der Waals surface area (Å²) in [5, 5.41) is 0. The highest BCUT2D eigenvalue weighted by molar-refractivity contribution is 5.87. The molecule has 0 radical (unpaired) electrons. The monoisotopic (exact) mass is 398 g/mol. The van der Waals surface area contributed by atoms with Gasteiger partial charge in [0, 0.05) is 12.5 Å².